The summed E-state index contributed by atoms with van der Waals surface area (Å²) in [5, 5.41) is 11.0. The summed E-state index contributed by atoms with van der Waals surface area (Å²) >= 11 is 4.70. The van der Waals surface area contributed by atoms with Gasteiger partial charge in [-0.2, -0.15) is 0 Å². The zero-order chi connectivity index (χ0) is 13.6. The van der Waals surface area contributed by atoms with Crippen molar-refractivity contribution >= 4 is 39.0 Å². The first-order valence-corrected chi connectivity index (χ1v) is 7.39. The van der Waals surface area contributed by atoms with E-state index in [1.807, 2.05) is 6.07 Å². The zero-order valence-electron chi connectivity index (χ0n) is 10.8. The van der Waals surface area contributed by atoms with Gasteiger partial charge >= 0.3 is 51.4 Å². The van der Waals surface area contributed by atoms with Crippen LogP contribution in [0.1, 0.15) is 33.4 Å². The van der Waals surface area contributed by atoms with Crippen molar-refractivity contribution < 1.29 is 66.1 Å². The molecule has 0 bridgehead atoms. The molecule has 0 spiro atoms. The number of ketones is 1. The Morgan fingerprint density at radius 3 is 2.65 bits per heavy atom. The molecule has 1 aliphatic heterocycles. The monoisotopic (exact) mass is 377 g/mol. The zero-order valence-corrected chi connectivity index (χ0v) is 16.3. The number of aromatic nitrogens is 1. The fraction of sp³-hybridized carbons (Fsp3) is 0.231. The maximum atomic E-state index is 12.4. The minimum absolute atomic E-state index is 0. The van der Waals surface area contributed by atoms with Crippen LogP contribution in [0.4, 0.5) is 0 Å². The Bertz CT molecular complexity index is 679. The van der Waals surface area contributed by atoms with Gasteiger partial charge in [-0.3, -0.25) is 4.79 Å². The second-order valence-corrected chi connectivity index (χ2v) is 6.85. The molecule has 2 aromatic heterocycles. The fourth-order valence-corrected chi connectivity index (χ4v) is 3.78. The Balaban J connectivity index is 0.00000147. The Kier molecular flexibility index (Phi) is 5.44. The van der Waals surface area contributed by atoms with E-state index < -0.39 is 11.9 Å². The van der Waals surface area contributed by atoms with Crippen molar-refractivity contribution in [1.29, 1.82) is 0 Å². The van der Waals surface area contributed by atoms with Crippen LogP contribution in [0, 0.1) is 0 Å². The third-order valence-corrected chi connectivity index (χ3v) is 4.95. The van der Waals surface area contributed by atoms with Gasteiger partial charge in [0.1, 0.15) is 0 Å². The number of carboxylic acids is 1. The molecule has 0 aromatic carbocycles. The molecule has 0 amide bonds. The van der Waals surface area contributed by atoms with Crippen LogP contribution < -0.4 is 56.5 Å². The number of hydrogen-bond donors (Lipinski definition) is 0. The van der Waals surface area contributed by atoms with E-state index in [1.165, 1.54) is 11.3 Å². The number of carbonyl (C=O) groups excluding carboxylic acids is 2. The number of hydrogen-bond acceptors (Lipinski definition) is 4. The van der Waals surface area contributed by atoms with Gasteiger partial charge in [0.25, 0.3) is 0 Å². The van der Waals surface area contributed by atoms with E-state index >= 15 is 0 Å². The molecule has 0 aliphatic carbocycles. The molecule has 1 aliphatic rings. The SMILES string of the molecule is O=C(c1ccc(Br)s1)c1ccc2n1CCC2C(=O)[O-].[K+]. The third-order valence-electron chi connectivity index (χ3n) is 3.33. The van der Waals surface area contributed by atoms with Gasteiger partial charge in [0.2, 0.25) is 5.78 Å². The van der Waals surface area contributed by atoms with Crippen LogP contribution >= 0.6 is 27.3 Å². The van der Waals surface area contributed by atoms with Crippen LogP contribution in [0.3, 0.4) is 0 Å². The van der Waals surface area contributed by atoms with Gasteiger partial charge in [0.15, 0.2) is 0 Å². The standard InChI is InChI=1S/C13H10BrNO3S.K/c14-11-4-3-10(19-11)12(16)9-2-1-8-7(13(17)18)5-6-15(8)9;/h1-4,7H,5-6H2,(H,17,18);/q;+1/p-1. The van der Waals surface area contributed by atoms with E-state index in [2.05, 4.69) is 15.9 Å². The quantitative estimate of drug-likeness (QED) is 0.497. The molecule has 3 heterocycles. The molecular formula is C13H9BrKNO3S. The molecule has 4 nitrogen and oxygen atoms in total. The number of fused-ring (bicyclic) bond motifs is 1. The summed E-state index contributed by atoms with van der Waals surface area (Å²) in [4.78, 5) is 24.0. The van der Waals surface area contributed by atoms with Crippen molar-refractivity contribution in [1.82, 2.24) is 4.57 Å². The summed E-state index contributed by atoms with van der Waals surface area (Å²) < 4.78 is 2.69. The molecule has 0 fully saturated rings. The minimum Gasteiger partial charge on any atom is -0.549 e. The van der Waals surface area contributed by atoms with Gasteiger partial charge in [-0.15, -0.1) is 11.3 Å². The third kappa shape index (κ3) is 2.90. The van der Waals surface area contributed by atoms with Crippen molar-refractivity contribution in [2.75, 3.05) is 0 Å². The van der Waals surface area contributed by atoms with E-state index in [4.69, 9.17) is 0 Å². The van der Waals surface area contributed by atoms with Crippen molar-refractivity contribution in [3.05, 3.63) is 44.3 Å². The van der Waals surface area contributed by atoms with Crippen molar-refractivity contribution in [2.24, 2.45) is 0 Å². The predicted octanol–water partition coefficient (Wildman–Crippen LogP) is -1.22. The molecule has 0 saturated carbocycles. The molecule has 1 atom stereocenters. The van der Waals surface area contributed by atoms with E-state index in [0.717, 1.165) is 3.79 Å². The van der Waals surface area contributed by atoms with Gasteiger partial charge in [-0.05, 0) is 46.6 Å². The summed E-state index contributed by atoms with van der Waals surface area (Å²) in [6.45, 7) is 0.550. The average molecular weight is 378 g/mol. The van der Waals surface area contributed by atoms with Gasteiger partial charge in [0.05, 0.1) is 20.3 Å². The Hall–Kier alpha value is 0.236. The molecular weight excluding hydrogens is 369 g/mol. The summed E-state index contributed by atoms with van der Waals surface area (Å²) in [6, 6.07) is 7.00. The molecule has 20 heavy (non-hydrogen) atoms. The Labute approximate surface area is 170 Å². The van der Waals surface area contributed by atoms with Crippen molar-refractivity contribution in [3.63, 3.8) is 0 Å². The van der Waals surface area contributed by atoms with Gasteiger partial charge in [-0.25, -0.2) is 0 Å². The molecule has 0 saturated heterocycles. The number of aliphatic carboxylic acids is 1. The largest absolute Gasteiger partial charge is 1.00 e. The molecule has 0 N–H and O–H groups in total. The first kappa shape index (κ1) is 16.6. The van der Waals surface area contributed by atoms with Crippen LogP contribution in [0.25, 0.3) is 0 Å². The van der Waals surface area contributed by atoms with Gasteiger partial charge < -0.3 is 14.5 Å². The summed E-state index contributed by atoms with van der Waals surface area (Å²) in [7, 11) is 0. The first-order chi connectivity index (χ1) is 9.08. The molecule has 1 unspecified atom stereocenters. The van der Waals surface area contributed by atoms with Gasteiger partial charge in [-0.1, -0.05) is 0 Å². The molecule has 7 heteroatoms. The second kappa shape index (κ2) is 6.56. The first-order valence-electron chi connectivity index (χ1n) is 5.78. The smallest absolute Gasteiger partial charge is 0.549 e. The number of carbonyl (C=O) groups is 2. The Morgan fingerprint density at radius 1 is 1.30 bits per heavy atom. The van der Waals surface area contributed by atoms with Crippen molar-refractivity contribution in [2.45, 2.75) is 18.9 Å². The number of thiophene rings is 1. The normalized spacial score (nSPS) is 16.6. The minimum atomic E-state index is -1.07. The van der Waals surface area contributed by atoms with Crippen LogP contribution in [0.5, 0.6) is 0 Å². The average Bonchev–Trinajstić information content (AvgIpc) is 3.01. The number of carboxylic acid groups (broad SMARTS) is 1. The Morgan fingerprint density at radius 2 is 2.05 bits per heavy atom. The number of nitrogens with zero attached hydrogens (tertiary/aromatic N) is 1. The van der Waals surface area contributed by atoms with Gasteiger partial charge in [0, 0.05) is 18.2 Å². The van der Waals surface area contributed by atoms with Crippen LogP contribution in [0.15, 0.2) is 28.1 Å². The maximum Gasteiger partial charge on any atom is 1.00 e. The van der Waals surface area contributed by atoms with Crippen LogP contribution in [0.2, 0.25) is 0 Å². The summed E-state index contributed by atoms with van der Waals surface area (Å²) in [6.07, 6.45) is 0.493. The van der Waals surface area contributed by atoms with Crippen LogP contribution in [-0.2, 0) is 11.3 Å². The topological polar surface area (TPSA) is 62.1 Å². The van der Waals surface area contributed by atoms with Crippen LogP contribution in [-0.4, -0.2) is 16.3 Å². The van der Waals surface area contributed by atoms with E-state index in [9.17, 15) is 14.7 Å². The summed E-state index contributed by atoms with van der Waals surface area (Å²) in [5.74, 6) is -1.74. The van der Waals surface area contributed by atoms with E-state index in [0.29, 0.717) is 29.2 Å². The molecule has 2 aromatic rings. The summed E-state index contributed by atoms with van der Waals surface area (Å²) in [5.41, 5.74) is 1.21. The maximum absolute atomic E-state index is 12.4. The predicted molar refractivity (Wildman–Crippen MR) is 72.2 cm³/mol. The molecule has 98 valence electrons. The van der Waals surface area contributed by atoms with Crippen molar-refractivity contribution in [3.8, 4) is 0 Å². The van der Waals surface area contributed by atoms with E-state index in [-0.39, 0.29) is 57.2 Å². The fourth-order valence-electron chi connectivity index (χ4n) is 2.44. The number of halogens is 1. The second-order valence-electron chi connectivity index (χ2n) is 4.39. The van der Waals surface area contributed by atoms with E-state index in [1.54, 1.807) is 22.8 Å². The number of rotatable bonds is 3. The molecule has 3 rings (SSSR count). The molecule has 0 radical (unpaired) electrons.